The molecular weight excluding hydrogens is 188 g/mol. The van der Waals surface area contributed by atoms with Crippen LogP contribution in [0, 0.1) is 23.7 Å². The lowest BCUT2D eigenvalue weighted by atomic mass is 10.1. The number of aliphatic hydroxyl groups excluding tert-OH is 1. The molecule has 2 nitrogen and oxygen atoms in total. The van der Waals surface area contributed by atoms with E-state index in [9.17, 15) is 9.90 Å². The lowest BCUT2D eigenvalue weighted by Gasteiger charge is -2.01. The van der Waals surface area contributed by atoms with Gasteiger partial charge >= 0.3 is 0 Å². The van der Waals surface area contributed by atoms with Gasteiger partial charge in [-0.25, -0.2) is 0 Å². The Balaban J connectivity index is 4.15. The van der Waals surface area contributed by atoms with Gasteiger partial charge in [-0.05, 0) is 17.8 Å². The summed E-state index contributed by atoms with van der Waals surface area (Å²) in [7, 11) is 0. The van der Waals surface area contributed by atoms with Crippen LogP contribution in [0.1, 0.15) is 40.5 Å². The number of aliphatic hydroxyl groups is 1. The van der Waals surface area contributed by atoms with Gasteiger partial charge in [-0.15, -0.1) is 0 Å². The molecule has 0 aromatic rings. The van der Waals surface area contributed by atoms with Crippen LogP contribution in [0.15, 0.2) is 11.8 Å². The predicted molar refractivity (Wildman–Crippen MR) is 62.4 cm³/mol. The van der Waals surface area contributed by atoms with E-state index in [4.69, 9.17) is 0 Å². The van der Waals surface area contributed by atoms with Crippen LogP contribution in [0.4, 0.5) is 0 Å². The average Bonchev–Trinajstić information content (AvgIpc) is 2.00. The van der Waals surface area contributed by atoms with Crippen LogP contribution in [0.2, 0.25) is 0 Å². The van der Waals surface area contributed by atoms with Crippen molar-refractivity contribution in [2.24, 2.45) is 11.8 Å². The Morgan fingerprint density at radius 2 is 1.87 bits per heavy atom. The van der Waals surface area contributed by atoms with Crippen LogP contribution in [0.25, 0.3) is 0 Å². The van der Waals surface area contributed by atoms with Crippen LogP contribution < -0.4 is 0 Å². The van der Waals surface area contributed by atoms with Gasteiger partial charge in [0.25, 0.3) is 0 Å². The SMILES string of the molecule is CC(C)CC#CC(=O)C=C(O)CC(C)C. The highest BCUT2D eigenvalue weighted by Crippen LogP contribution is 2.06. The third kappa shape index (κ3) is 9.08. The molecule has 84 valence electrons. The Labute approximate surface area is 92.4 Å². The van der Waals surface area contributed by atoms with Crippen molar-refractivity contribution < 1.29 is 9.90 Å². The normalized spacial score (nSPS) is 11.5. The Hall–Kier alpha value is -1.23. The molecule has 0 saturated heterocycles. The lowest BCUT2D eigenvalue weighted by molar-refractivity contribution is -0.109. The van der Waals surface area contributed by atoms with Crippen LogP contribution >= 0.6 is 0 Å². The second-order valence-corrected chi connectivity index (χ2v) is 4.50. The van der Waals surface area contributed by atoms with Gasteiger partial charge in [-0.1, -0.05) is 33.6 Å². The number of allylic oxidation sites excluding steroid dienone is 2. The van der Waals surface area contributed by atoms with E-state index in [2.05, 4.69) is 11.8 Å². The summed E-state index contributed by atoms with van der Waals surface area (Å²) in [5.74, 6) is 5.90. The maximum Gasteiger partial charge on any atom is 0.232 e. The predicted octanol–water partition coefficient (Wildman–Crippen LogP) is 3.09. The molecule has 0 spiro atoms. The van der Waals surface area contributed by atoms with Crippen LogP contribution in [-0.2, 0) is 4.79 Å². The maximum absolute atomic E-state index is 11.2. The smallest absolute Gasteiger partial charge is 0.232 e. The zero-order chi connectivity index (χ0) is 11.8. The third-order valence-corrected chi connectivity index (χ3v) is 1.64. The first-order valence-corrected chi connectivity index (χ1v) is 5.34. The van der Waals surface area contributed by atoms with Crippen molar-refractivity contribution in [2.75, 3.05) is 0 Å². The molecular formula is C13H20O2. The monoisotopic (exact) mass is 208 g/mol. The fourth-order valence-corrected chi connectivity index (χ4v) is 1.01. The van der Waals surface area contributed by atoms with E-state index in [1.54, 1.807) is 0 Å². The number of carbonyl (C=O) groups excluding carboxylic acids is 1. The molecule has 0 saturated carbocycles. The molecule has 0 aromatic carbocycles. The second-order valence-electron chi connectivity index (χ2n) is 4.50. The minimum Gasteiger partial charge on any atom is -0.512 e. The molecule has 15 heavy (non-hydrogen) atoms. The lowest BCUT2D eigenvalue weighted by Crippen LogP contribution is -1.95. The third-order valence-electron chi connectivity index (χ3n) is 1.64. The van der Waals surface area contributed by atoms with E-state index in [0.29, 0.717) is 24.7 Å². The van der Waals surface area contributed by atoms with Gasteiger partial charge < -0.3 is 5.11 Å². The van der Waals surface area contributed by atoms with E-state index in [-0.39, 0.29) is 11.5 Å². The number of hydrogen-bond acceptors (Lipinski definition) is 2. The number of rotatable bonds is 4. The molecule has 0 heterocycles. The standard InChI is InChI=1S/C13H20O2/c1-10(2)6-5-7-12(14)9-13(15)8-11(3)4/h9-11,15H,6,8H2,1-4H3. The summed E-state index contributed by atoms with van der Waals surface area (Å²) in [5.41, 5.74) is 0. The Morgan fingerprint density at radius 1 is 1.27 bits per heavy atom. The first-order valence-electron chi connectivity index (χ1n) is 5.34. The van der Waals surface area contributed by atoms with E-state index >= 15 is 0 Å². The Kier molecular flexibility index (Phi) is 6.53. The van der Waals surface area contributed by atoms with Crippen molar-refractivity contribution in [3.05, 3.63) is 11.8 Å². The number of carbonyl (C=O) groups is 1. The first kappa shape index (κ1) is 13.8. The molecule has 0 atom stereocenters. The molecule has 0 aliphatic rings. The molecule has 0 amide bonds. The summed E-state index contributed by atoms with van der Waals surface area (Å²) < 4.78 is 0. The van der Waals surface area contributed by atoms with Crippen molar-refractivity contribution in [3.63, 3.8) is 0 Å². The molecule has 0 radical (unpaired) electrons. The van der Waals surface area contributed by atoms with E-state index in [0.717, 1.165) is 0 Å². The van der Waals surface area contributed by atoms with Crippen molar-refractivity contribution in [1.29, 1.82) is 0 Å². The zero-order valence-corrected chi connectivity index (χ0v) is 10.0. The summed E-state index contributed by atoms with van der Waals surface area (Å²) in [6, 6.07) is 0. The molecule has 0 fully saturated rings. The van der Waals surface area contributed by atoms with Gasteiger partial charge in [-0.2, -0.15) is 0 Å². The molecule has 0 rings (SSSR count). The maximum atomic E-state index is 11.2. The van der Waals surface area contributed by atoms with Crippen LogP contribution in [0.3, 0.4) is 0 Å². The molecule has 1 N–H and O–H groups in total. The minimum atomic E-state index is -0.311. The van der Waals surface area contributed by atoms with E-state index < -0.39 is 0 Å². The molecule has 0 aliphatic heterocycles. The van der Waals surface area contributed by atoms with Crippen molar-refractivity contribution >= 4 is 5.78 Å². The fraction of sp³-hybridized carbons (Fsp3) is 0.615. The summed E-state index contributed by atoms with van der Waals surface area (Å²) in [4.78, 5) is 11.2. The van der Waals surface area contributed by atoms with E-state index in [1.165, 1.54) is 6.08 Å². The van der Waals surface area contributed by atoms with Crippen molar-refractivity contribution in [2.45, 2.75) is 40.5 Å². The Morgan fingerprint density at radius 3 is 2.33 bits per heavy atom. The van der Waals surface area contributed by atoms with Gasteiger partial charge in [0.15, 0.2) is 0 Å². The molecule has 0 aromatic heterocycles. The van der Waals surface area contributed by atoms with E-state index in [1.807, 2.05) is 27.7 Å². The van der Waals surface area contributed by atoms with Crippen molar-refractivity contribution in [1.82, 2.24) is 0 Å². The summed E-state index contributed by atoms with van der Waals surface area (Å²) >= 11 is 0. The van der Waals surface area contributed by atoms with Gasteiger partial charge in [0, 0.05) is 18.9 Å². The fourth-order valence-electron chi connectivity index (χ4n) is 1.01. The zero-order valence-electron chi connectivity index (χ0n) is 10.0. The molecule has 0 unspecified atom stereocenters. The highest BCUT2D eigenvalue weighted by Gasteiger charge is 2.00. The first-order chi connectivity index (χ1) is 6.91. The topological polar surface area (TPSA) is 37.3 Å². The van der Waals surface area contributed by atoms with Crippen molar-refractivity contribution in [3.8, 4) is 11.8 Å². The highest BCUT2D eigenvalue weighted by atomic mass is 16.3. The van der Waals surface area contributed by atoms with Crippen LogP contribution in [-0.4, -0.2) is 10.9 Å². The highest BCUT2D eigenvalue weighted by molar-refractivity contribution is 6.04. The second kappa shape index (κ2) is 7.11. The summed E-state index contributed by atoms with van der Waals surface area (Å²) in [6.07, 6.45) is 2.45. The number of hydrogen-bond donors (Lipinski definition) is 1. The largest absolute Gasteiger partial charge is 0.512 e. The minimum absolute atomic E-state index is 0.119. The van der Waals surface area contributed by atoms with Crippen LogP contribution in [0.5, 0.6) is 0 Å². The van der Waals surface area contributed by atoms with Gasteiger partial charge in [0.1, 0.15) is 0 Å². The van der Waals surface area contributed by atoms with Gasteiger partial charge in [0.05, 0.1) is 5.76 Å². The summed E-state index contributed by atoms with van der Waals surface area (Å²) in [6.45, 7) is 8.06. The average molecular weight is 208 g/mol. The molecule has 0 bridgehead atoms. The number of ketones is 1. The van der Waals surface area contributed by atoms with Gasteiger partial charge in [0.2, 0.25) is 5.78 Å². The molecule has 2 heteroatoms. The van der Waals surface area contributed by atoms with Gasteiger partial charge in [-0.3, -0.25) is 4.79 Å². The molecule has 0 aliphatic carbocycles. The Bertz CT molecular complexity index is 287. The quantitative estimate of drug-likeness (QED) is 0.333. The summed E-state index contributed by atoms with van der Waals surface area (Å²) in [5, 5.41) is 9.37.